The largest absolute Gasteiger partial charge is 0.491 e. The molecule has 1 atom stereocenters. The summed E-state index contributed by atoms with van der Waals surface area (Å²) in [5.41, 5.74) is 0.888. The predicted molar refractivity (Wildman–Crippen MR) is 67.4 cm³/mol. The van der Waals surface area contributed by atoms with Gasteiger partial charge in [0, 0.05) is 0 Å². The number of nitrogens with one attached hydrogen (secondary N) is 1. The summed E-state index contributed by atoms with van der Waals surface area (Å²) in [5, 5.41) is 12.0. The first-order chi connectivity index (χ1) is 8.17. The zero-order valence-electron chi connectivity index (χ0n) is 10.1. The summed E-state index contributed by atoms with van der Waals surface area (Å²) in [6.07, 6.45) is 5.29. The third-order valence-corrected chi connectivity index (χ3v) is 2.12. The maximum Gasteiger partial charge on any atom is 0.122 e. The zero-order chi connectivity index (χ0) is 12.7. The predicted octanol–water partition coefficient (Wildman–Crippen LogP) is 2.26. The van der Waals surface area contributed by atoms with Crippen LogP contribution in [-0.2, 0) is 0 Å². The summed E-state index contributed by atoms with van der Waals surface area (Å²) in [7, 11) is 0. The van der Waals surface area contributed by atoms with Gasteiger partial charge in [-0.2, -0.15) is 5.26 Å². The first kappa shape index (κ1) is 13.1. The Bertz CT molecular complexity index is 423. The maximum absolute atomic E-state index is 9.01. The highest BCUT2D eigenvalue weighted by Crippen LogP contribution is 2.18. The number of hydrogen-bond acceptors (Lipinski definition) is 3. The van der Waals surface area contributed by atoms with Gasteiger partial charge in [-0.05, 0) is 31.5 Å². The molecule has 0 heterocycles. The molecule has 0 saturated carbocycles. The van der Waals surface area contributed by atoms with Gasteiger partial charge < -0.3 is 4.74 Å². The molecule has 1 N–H and O–H groups in total. The lowest BCUT2D eigenvalue weighted by atomic mass is 10.1. The maximum atomic E-state index is 9.01. The number of nitrogens with zero attached hydrogens (tertiary/aromatic N) is 1. The highest BCUT2D eigenvalue weighted by molar-refractivity contribution is 5.31. The van der Waals surface area contributed by atoms with E-state index in [1.54, 1.807) is 0 Å². The van der Waals surface area contributed by atoms with Crippen LogP contribution in [-0.4, -0.2) is 12.6 Å². The third-order valence-electron chi connectivity index (χ3n) is 2.12. The van der Waals surface area contributed by atoms with Gasteiger partial charge in [0.05, 0.1) is 18.7 Å². The summed E-state index contributed by atoms with van der Waals surface area (Å²) >= 11 is 0. The minimum atomic E-state index is -0.376. The molecule has 3 heteroatoms. The molecule has 0 aromatic heterocycles. The van der Waals surface area contributed by atoms with E-state index in [4.69, 9.17) is 16.4 Å². The first-order valence-corrected chi connectivity index (χ1v) is 5.50. The number of benzene rings is 1. The second kappa shape index (κ2) is 6.58. The molecule has 0 aliphatic heterocycles. The van der Waals surface area contributed by atoms with E-state index in [-0.39, 0.29) is 12.1 Å². The quantitative estimate of drug-likeness (QED) is 0.786. The minimum absolute atomic E-state index is 0.146. The molecule has 17 heavy (non-hydrogen) atoms. The van der Waals surface area contributed by atoms with Gasteiger partial charge in [-0.3, -0.25) is 5.32 Å². The van der Waals surface area contributed by atoms with Gasteiger partial charge in [0.25, 0.3) is 0 Å². The van der Waals surface area contributed by atoms with Gasteiger partial charge >= 0.3 is 0 Å². The molecule has 0 bridgehead atoms. The Labute approximate surface area is 102 Å². The topological polar surface area (TPSA) is 45.0 Å². The molecule has 0 aliphatic carbocycles. The molecule has 0 radical (unpaired) electrons. The lowest BCUT2D eigenvalue weighted by molar-refractivity contribution is 0.242. The summed E-state index contributed by atoms with van der Waals surface area (Å²) in [4.78, 5) is 0. The number of ether oxygens (including phenoxy) is 1. The number of rotatable bonds is 5. The Kier molecular flexibility index (Phi) is 5.07. The van der Waals surface area contributed by atoms with Crippen molar-refractivity contribution < 1.29 is 4.74 Å². The van der Waals surface area contributed by atoms with Crippen LogP contribution in [0.4, 0.5) is 0 Å². The van der Waals surface area contributed by atoms with E-state index in [9.17, 15) is 0 Å². The second-order valence-corrected chi connectivity index (χ2v) is 3.88. The van der Waals surface area contributed by atoms with Crippen molar-refractivity contribution in [1.29, 1.82) is 5.26 Å². The molecule has 1 aromatic carbocycles. The minimum Gasteiger partial charge on any atom is -0.491 e. The molecule has 0 amide bonds. The summed E-state index contributed by atoms with van der Waals surface area (Å²) in [6, 6.07) is 9.25. The van der Waals surface area contributed by atoms with E-state index in [2.05, 4.69) is 17.3 Å². The third kappa shape index (κ3) is 4.18. The van der Waals surface area contributed by atoms with Crippen molar-refractivity contribution in [2.24, 2.45) is 0 Å². The van der Waals surface area contributed by atoms with Crippen molar-refractivity contribution in [2.45, 2.75) is 26.0 Å². The van der Waals surface area contributed by atoms with Crippen LogP contribution < -0.4 is 10.1 Å². The van der Waals surface area contributed by atoms with E-state index < -0.39 is 0 Å². The average Bonchev–Trinajstić information content (AvgIpc) is 2.31. The molecule has 1 aromatic rings. The van der Waals surface area contributed by atoms with Crippen LogP contribution in [0.15, 0.2) is 24.3 Å². The molecule has 1 unspecified atom stereocenters. The van der Waals surface area contributed by atoms with Crippen LogP contribution >= 0.6 is 0 Å². The summed E-state index contributed by atoms with van der Waals surface area (Å²) < 4.78 is 5.53. The smallest absolute Gasteiger partial charge is 0.122 e. The summed E-state index contributed by atoms with van der Waals surface area (Å²) in [5.74, 6) is 3.26. The Balaban J connectivity index is 2.72. The zero-order valence-corrected chi connectivity index (χ0v) is 10.1. The van der Waals surface area contributed by atoms with Crippen molar-refractivity contribution in [1.82, 2.24) is 5.32 Å². The number of terminal acetylenes is 1. The van der Waals surface area contributed by atoms with E-state index in [1.807, 2.05) is 38.1 Å². The fraction of sp³-hybridized carbons (Fsp3) is 0.357. The molecule has 3 nitrogen and oxygen atoms in total. The van der Waals surface area contributed by atoms with Crippen LogP contribution in [0.3, 0.4) is 0 Å². The lowest BCUT2D eigenvalue weighted by Crippen LogP contribution is -2.20. The highest BCUT2D eigenvalue weighted by Gasteiger charge is 2.08. The van der Waals surface area contributed by atoms with Gasteiger partial charge in [0.1, 0.15) is 11.8 Å². The van der Waals surface area contributed by atoms with Gasteiger partial charge in [-0.1, -0.05) is 18.1 Å². The molecule has 0 saturated heterocycles. The van der Waals surface area contributed by atoms with Crippen LogP contribution in [0.2, 0.25) is 0 Å². The van der Waals surface area contributed by atoms with Gasteiger partial charge in [-0.25, -0.2) is 0 Å². The standard InChI is InChI=1S/C14H16N2O/c1-4-9-16-14(10-15)12-5-7-13(8-6-12)17-11(2)3/h1,5-8,11,14,16H,9H2,2-3H3. The number of hydrogen-bond donors (Lipinski definition) is 1. The van der Waals surface area contributed by atoms with Crippen LogP contribution in [0, 0.1) is 23.7 Å². The summed E-state index contributed by atoms with van der Waals surface area (Å²) in [6.45, 7) is 4.32. The van der Waals surface area contributed by atoms with Crippen LogP contribution in [0.25, 0.3) is 0 Å². The van der Waals surface area contributed by atoms with E-state index in [0.29, 0.717) is 6.54 Å². The fourth-order valence-corrected chi connectivity index (χ4v) is 1.41. The molecule has 88 valence electrons. The van der Waals surface area contributed by atoms with E-state index in [0.717, 1.165) is 11.3 Å². The normalized spacial score (nSPS) is 11.6. The molecule has 0 spiro atoms. The number of nitriles is 1. The van der Waals surface area contributed by atoms with Gasteiger partial charge in [0.15, 0.2) is 0 Å². The Hall–Kier alpha value is -1.97. The van der Waals surface area contributed by atoms with Gasteiger partial charge in [0.2, 0.25) is 0 Å². The monoisotopic (exact) mass is 228 g/mol. The Morgan fingerprint density at radius 1 is 1.35 bits per heavy atom. The Morgan fingerprint density at radius 3 is 2.47 bits per heavy atom. The average molecular weight is 228 g/mol. The highest BCUT2D eigenvalue weighted by atomic mass is 16.5. The van der Waals surface area contributed by atoms with Crippen molar-refractivity contribution >= 4 is 0 Å². The van der Waals surface area contributed by atoms with Crippen molar-refractivity contribution in [3.8, 4) is 24.2 Å². The Morgan fingerprint density at radius 2 is 2.00 bits per heavy atom. The SMILES string of the molecule is C#CCNC(C#N)c1ccc(OC(C)C)cc1. The molecular formula is C14H16N2O. The fourth-order valence-electron chi connectivity index (χ4n) is 1.41. The van der Waals surface area contributed by atoms with Crippen LogP contribution in [0.5, 0.6) is 5.75 Å². The van der Waals surface area contributed by atoms with Gasteiger partial charge in [-0.15, -0.1) is 6.42 Å². The van der Waals surface area contributed by atoms with E-state index >= 15 is 0 Å². The van der Waals surface area contributed by atoms with E-state index in [1.165, 1.54) is 0 Å². The molecular weight excluding hydrogens is 212 g/mol. The lowest BCUT2D eigenvalue weighted by Gasteiger charge is -2.12. The molecule has 0 aliphatic rings. The van der Waals surface area contributed by atoms with Crippen molar-refractivity contribution in [2.75, 3.05) is 6.54 Å². The molecule has 0 fully saturated rings. The van der Waals surface area contributed by atoms with Crippen LogP contribution in [0.1, 0.15) is 25.5 Å². The first-order valence-electron chi connectivity index (χ1n) is 5.50. The van der Waals surface area contributed by atoms with Crippen molar-refractivity contribution in [3.63, 3.8) is 0 Å². The second-order valence-electron chi connectivity index (χ2n) is 3.88. The molecule has 1 rings (SSSR count). The van der Waals surface area contributed by atoms with Crippen molar-refractivity contribution in [3.05, 3.63) is 29.8 Å².